The first-order valence-corrected chi connectivity index (χ1v) is 6.42. The molecule has 13 heavy (non-hydrogen) atoms. The average molecular weight is 206 g/mol. The van der Waals surface area contributed by atoms with Crippen molar-refractivity contribution < 1.29 is 13.2 Å². The first kappa shape index (κ1) is 12.6. The summed E-state index contributed by atoms with van der Waals surface area (Å²) in [5, 5.41) is -0.841. The highest BCUT2D eigenvalue weighted by molar-refractivity contribution is 7.92. The average Bonchev–Trinajstić information content (AvgIpc) is 1.96. The van der Waals surface area contributed by atoms with E-state index in [4.69, 9.17) is 0 Å². The van der Waals surface area contributed by atoms with Gasteiger partial charge in [0.25, 0.3) is 0 Å². The van der Waals surface area contributed by atoms with Crippen molar-refractivity contribution in [2.75, 3.05) is 6.26 Å². The summed E-state index contributed by atoms with van der Waals surface area (Å²) in [6, 6.07) is 0. The second-order valence-corrected chi connectivity index (χ2v) is 6.24. The molecule has 0 heterocycles. The lowest BCUT2D eigenvalue weighted by Crippen LogP contribution is -2.26. The Morgan fingerprint density at radius 2 is 1.69 bits per heavy atom. The van der Waals surface area contributed by atoms with Crippen molar-refractivity contribution in [3.63, 3.8) is 0 Å². The molecular weight excluding hydrogens is 188 g/mol. The van der Waals surface area contributed by atoms with Gasteiger partial charge in [-0.1, -0.05) is 13.8 Å². The molecule has 3 nitrogen and oxygen atoms in total. The Morgan fingerprint density at radius 3 is 2.00 bits per heavy atom. The third kappa shape index (κ3) is 5.03. The SMILES string of the molecule is CC(C)CCC(=O)C(C)S(C)(=O)=O. The zero-order valence-corrected chi connectivity index (χ0v) is 9.52. The van der Waals surface area contributed by atoms with Crippen LogP contribution >= 0.6 is 0 Å². The molecule has 0 fully saturated rings. The fourth-order valence-electron chi connectivity index (χ4n) is 0.873. The van der Waals surface area contributed by atoms with Crippen LogP contribution in [0.15, 0.2) is 0 Å². The van der Waals surface area contributed by atoms with Crippen LogP contribution in [0.5, 0.6) is 0 Å². The van der Waals surface area contributed by atoms with Crippen molar-refractivity contribution in [1.82, 2.24) is 0 Å². The van der Waals surface area contributed by atoms with E-state index in [1.165, 1.54) is 6.92 Å². The molecule has 0 bridgehead atoms. The monoisotopic (exact) mass is 206 g/mol. The molecule has 78 valence electrons. The molecule has 0 saturated heterocycles. The van der Waals surface area contributed by atoms with Crippen molar-refractivity contribution in [3.05, 3.63) is 0 Å². The summed E-state index contributed by atoms with van der Waals surface area (Å²) < 4.78 is 22.0. The van der Waals surface area contributed by atoms with E-state index in [0.717, 1.165) is 12.7 Å². The summed E-state index contributed by atoms with van der Waals surface area (Å²) in [6.45, 7) is 5.48. The quantitative estimate of drug-likeness (QED) is 0.683. The van der Waals surface area contributed by atoms with E-state index >= 15 is 0 Å². The minimum atomic E-state index is -3.20. The molecular formula is C9H18O3S. The third-order valence-electron chi connectivity index (χ3n) is 2.06. The lowest BCUT2D eigenvalue weighted by molar-refractivity contribution is -0.118. The highest BCUT2D eigenvalue weighted by Crippen LogP contribution is 2.09. The number of hydrogen-bond donors (Lipinski definition) is 0. The number of sulfone groups is 1. The van der Waals surface area contributed by atoms with Gasteiger partial charge in [0.2, 0.25) is 0 Å². The van der Waals surface area contributed by atoms with Crippen molar-refractivity contribution in [3.8, 4) is 0 Å². The normalized spacial score (nSPS) is 14.5. The minimum Gasteiger partial charge on any atom is -0.298 e. The maximum atomic E-state index is 11.3. The minimum absolute atomic E-state index is 0.170. The van der Waals surface area contributed by atoms with Crippen LogP contribution in [0.4, 0.5) is 0 Å². The Kier molecular flexibility index (Phi) is 4.61. The van der Waals surface area contributed by atoms with Crippen molar-refractivity contribution in [2.45, 2.75) is 38.9 Å². The third-order valence-corrected chi connectivity index (χ3v) is 3.61. The van der Waals surface area contributed by atoms with E-state index in [1.54, 1.807) is 0 Å². The van der Waals surface area contributed by atoms with Crippen LogP contribution < -0.4 is 0 Å². The first-order valence-electron chi connectivity index (χ1n) is 4.46. The van der Waals surface area contributed by atoms with Crippen LogP contribution in [-0.4, -0.2) is 25.7 Å². The smallest absolute Gasteiger partial charge is 0.157 e. The van der Waals surface area contributed by atoms with Crippen LogP contribution in [0.1, 0.15) is 33.6 Å². The molecule has 0 aliphatic rings. The van der Waals surface area contributed by atoms with Gasteiger partial charge >= 0.3 is 0 Å². The molecule has 0 aromatic rings. The predicted molar refractivity (Wildman–Crippen MR) is 53.4 cm³/mol. The number of carbonyl (C=O) groups is 1. The van der Waals surface area contributed by atoms with Gasteiger partial charge in [-0.25, -0.2) is 8.42 Å². The number of rotatable bonds is 5. The molecule has 0 N–H and O–H groups in total. The van der Waals surface area contributed by atoms with Crippen LogP contribution in [0.2, 0.25) is 0 Å². The van der Waals surface area contributed by atoms with Crippen molar-refractivity contribution in [1.29, 1.82) is 0 Å². The maximum Gasteiger partial charge on any atom is 0.157 e. The van der Waals surface area contributed by atoms with Crippen LogP contribution in [0.3, 0.4) is 0 Å². The van der Waals surface area contributed by atoms with Crippen molar-refractivity contribution in [2.24, 2.45) is 5.92 Å². The number of ketones is 1. The molecule has 0 aliphatic carbocycles. The van der Waals surface area contributed by atoms with Gasteiger partial charge in [-0.15, -0.1) is 0 Å². The summed E-state index contributed by atoms with van der Waals surface area (Å²) in [7, 11) is -3.20. The number of hydrogen-bond acceptors (Lipinski definition) is 3. The molecule has 0 aromatic heterocycles. The largest absolute Gasteiger partial charge is 0.298 e. The Hall–Kier alpha value is -0.380. The Bertz CT molecular complexity index is 265. The fraction of sp³-hybridized carbons (Fsp3) is 0.889. The summed E-state index contributed by atoms with van der Waals surface area (Å²) in [5.74, 6) is 0.270. The summed E-state index contributed by atoms with van der Waals surface area (Å²) in [5.41, 5.74) is 0. The molecule has 0 aliphatic heterocycles. The van der Waals surface area contributed by atoms with Gasteiger partial charge in [-0.2, -0.15) is 0 Å². The standard InChI is InChI=1S/C9H18O3S/c1-7(2)5-6-9(10)8(3)13(4,11)12/h7-8H,5-6H2,1-4H3. The molecule has 1 atom stereocenters. The van der Waals surface area contributed by atoms with E-state index in [1.807, 2.05) is 13.8 Å². The zero-order chi connectivity index (χ0) is 10.6. The van der Waals surface area contributed by atoms with Crippen LogP contribution in [0, 0.1) is 5.92 Å². The topological polar surface area (TPSA) is 51.2 Å². The molecule has 0 saturated carbocycles. The molecule has 0 rings (SSSR count). The van der Waals surface area contributed by atoms with Gasteiger partial charge in [0.1, 0.15) is 5.25 Å². The van der Waals surface area contributed by atoms with Gasteiger partial charge in [0.05, 0.1) is 0 Å². The second-order valence-electron chi connectivity index (χ2n) is 3.87. The van der Waals surface area contributed by atoms with Crippen LogP contribution in [-0.2, 0) is 14.6 Å². The van der Waals surface area contributed by atoms with Gasteiger partial charge < -0.3 is 0 Å². The predicted octanol–water partition coefficient (Wildman–Crippen LogP) is 1.42. The van der Waals surface area contributed by atoms with E-state index in [2.05, 4.69) is 0 Å². The van der Waals surface area contributed by atoms with Gasteiger partial charge in [-0.3, -0.25) is 4.79 Å². The van der Waals surface area contributed by atoms with E-state index < -0.39 is 15.1 Å². The summed E-state index contributed by atoms with van der Waals surface area (Å²) >= 11 is 0. The van der Waals surface area contributed by atoms with E-state index in [-0.39, 0.29) is 5.78 Å². The molecule has 1 unspecified atom stereocenters. The van der Waals surface area contributed by atoms with Crippen molar-refractivity contribution >= 4 is 15.6 Å². The molecule has 0 amide bonds. The number of carbonyl (C=O) groups excluding carboxylic acids is 1. The number of Topliss-reactive ketones (excluding diaryl/α,β-unsaturated/α-hetero) is 1. The first-order chi connectivity index (χ1) is 5.75. The highest BCUT2D eigenvalue weighted by Gasteiger charge is 2.22. The summed E-state index contributed by atoms with van der Waals surface area (Å²) in [6.07, 6.45) is 2.23. The van der Waals surface area contributed by atoms with Gasteiger partial charge in [0, 0.05) is 12.7 Å². The van der Waals surface area contributed by atoms with Crippen LogP contribution in [0.25, 0.3) is 0 Å². The molecule has 0 spiro atoms. The molecule has 0 radical (unpaired) electrons. The zero-order valence-electron chi connectivity index (χ0n) is 8.70. The fourth-order valence-corrected chi connectivity index (χ4v) is 1.47. The maximum absolute atomic E-state index is 11.3. The molecule has 0 aromatic carbocycles. The van der Waals surface area contributed by atoms with Gasteiger partial charge in [0.15, 0.2) is 15.6 Å². The highest BCUT2D eigenvalue weighted by atomic mass is 32.2. The van der Waals surface area contributed by atoms with E-state index in [9.17, 15) is 13.2 Å². The lowest BCUT2D eigenvalue weighted by atomic mass is 10.0. The molecule has 4 heteroatoms. The lowest BCUT2D eigenvalue weighted by Gasteiger charge is -2.08. The van der Waals surface area contributed by atoms with E-state index in [0.29, 0.717) is 12.3 Å². The summed E-state index contributed by atoms with van der Waals surface area (Å²) in [4.78, 5) is 11.3. The Morgan fingerprint density at radius 1 is 1.23 bits per heavy atom. The Labute approximate surface area is 80.4 Å². The Balaban J connectivity index is 4.14. The van der Waals surface area contributed by atoms with Gasteiger partial charge in [-0.05, 0) is 19.3 Å². The second kappa shape index (κ2) is 4.74.